The van der Waals surface area contributed by atoms with Gasteiger partial charge in [-0.3, -0.25) is 4.79 Å². The lowest BCUT2D eigenvalue weighted by atomic mass is 10.1. The lowest BCUT2D eigenvalue weighted by molar-refractivity contribution is -0.121. The van der Waals surface area contributed by atoms with Crippen molar-refractivity contribution < 1.29 is 4.79 Å². The van der Waals surface area contributed by atoms with E-state index in [0.717, 1.165) is 19.4 Å². The Morgan fingerprint density at radius 1 is 1.24 bits per heavy atom. The smallest absolute Gasteiger partial charge is 0.220 e. The van der Waals surface area contributed by atoms with Gasteiger partial charge in [-0.1, -0.05) is 19.1 Å². The number of carbonyl (C=O) groups is 1. The van der Waals surface area contributed by atoms with Gasteiger partial charge < -0.3 is 10.2 Å². The third-order valence-corrected chi connectivity index (χ3v) is 2.67. The third kappa shape index (κ3) is 4.89. The van der Waals surface area contributed by atoms with Gasteiger partial charge in [-0.2, -0.15) is 0 Å². The van der Waals surface area contributed by atoms with Gasteiger partial charge in [0.2, 0.25) is 5.91 Å². The lowest BCUT2D eigenvalue weighted by Crippen LogP contribution is -2.24. The van der Waals surface area contributed by atoms with Crippen molar-refractivity contribution in [1.29, 1.82) is 0 Å². The second kappa shape index (κ2) is 6.94. The van der Waals surface area contributed by atoms with E-state index in [4.69, 9.17) is 0 Å². The van der Waals surface area contributed by atoms with Gasteiger partial charge in [0.1, 0.15) is 0 Å². The van der Waals surface area contributed by atoms with E-state index in [0.29, 0.717) is 6.42 Å². The summed E-state index contributed by atoms with van der Waals surface area (Å²) in [7, 11) is 4.04. The summed E-state index contributed by atoms with van der Waals surface area (Å²) in [6.45, 7) is 2.83. The number of aryl methyl sites for hydroxylation is 1. The number of hydrogen-bond acceptors (Lipinski definition) is 2. The van der Waals surface area contributed by atoms with E-state index in [9.17, 15) is 4.79 Å². The van der Waals surface area contributed by atoms with Crippen LogP contribution in [0, 0.1) is 0 Å². The molecule has 0 saturated heterocycles. The topological polar surface area (TPSA) is 32.3 Å². The molecular formula is C14H22N2O. The molecule has 1 amide bonds. The summed E-state index contributed by atoms with van der Waals surface area (Å²) in [5.41, 5.74) is 2.39. The maximum atomic E-state index is 11.4. The Morgan fingerprint density at radius 3 is 2.41 bits per heavy atom. The average Bonchev–Trinajstić information content (AvgIpc) is 2.34. The summed E-state index contributed by atoms with van der Waals surface area (Å²) in [5, 5.41) is 2.89. The minimum Gasteiger partial charge on any atom is -0.378 e. The summed E-state index contributed by atoms with van der Waals surface area (Å²) in [6, 6.07) is 8.34. The molecule has 0 bridgehead atoms. The van der Waals surface area contributed by atoms with Crippen LogP contribution in [0.4, 0.5) is 5.69 Å². The summed E-state index contributed by atoms with van der Waals surface area (Å²) >= 11 is 0. The molecule has 0 spiro atoms. The van der Waals surface area contributed by atoms with E-state index < -0.39 is 0 Å². The number of anilines is 1. The van der Waals surface area contributed by atoms with Gasteiger partial charge in [-0.15, -0.1) is 0 Å². The molecule has 0 saturated carbocycles. The largest absolute Gasteiger partial charge is 0.378 e. The zero-order chi connectivity index (χ0) is 12.7. The van der Waals surface area contributed by atoms with Crippen molar-refractivity contribution in [3.63, 3.8) is 0 Å². The van der Waals surface area contributed by atoms with Crippen LogP contribution in [-0.4, -0.2) is 26.5 Å². The second-order valence-corrected chi connectivity index (χ2v) is 4.41. The molecule has 0 heterocycles. The van der Waals surface area contributed by atoms with Gasteiger partial charge >= 0.3 is 0 Å². The van der Waals surface area contributed by atoms with Crippen LogP contribution < -0.4 is 10.2 Å². The number of rotatable bonds is 6. The number of benzene rings is 1. The molecule has 0 radical (unpaired) electrons. The van der Waals surface area contributed by atoms with E-state index in [2.05, 4.69) is 41.4 Å². The molecule has 94 valence electrons. The normalized spacial score (nSPS) is 10.1. The van der Waals surface area contributed by atoms with Crippen molar-refractivity contribution in [1.82, 2.24) is 5.32 Å². The number of carbonyl (C=O) groups excluding carboxylic acids is 1. The Hall–Kier alpha value is -1.51. The number of nitrogens with one attached hydrogen (secondary N) is 1. The Balaban J connectivity index is 2.39. The van der Waals surface area contributed by atoms with Crippen LogP contribution in [0.5, 0.6) is 0 Å². The van der Waals surface area contributed by atoms with Crippen molar-refractivity contribution in [2.45, 2.75) is 26.2 Å². The van der Waals surface area contributed by atoms with Crippen LogP contribution in [0.25, 0.3) is 0 Å². The fourth-order valence-electron chi connectivity index (χ4n) is 1.57. The number of nitrogens with zero attached hydrogens (tertiary/aromatic N) is 1. The van der Waals surface area contributed by atoms with Gasteiger partial charge in [-0.05, 0) is 30.5 Å². The van der Waals surface area contributed by atoms with Gasteiger partial charge in [0.25, 0.3) is 0 Å². The highest BCUT2D eigenvalue weighted by Crippen LogP contribution is 2.13. The third-order valence-electron chi connectivity index (χ3n) is 2.67. The maximum absolute atomic E-state index is 11.4. The molecule has 17 heavy (non-hydrogen) atoms. The van der Waals surface area contributed by atoms with Crippen molar-refractivity contribution >= 4 is 11.6 Å². The fraction of sp³-hybridized carbons (Fsp3) is 0.500. The zero-order valence-electron chi connectivity index (χ0n) is 11.0. The van der Waals surface area contributed by atoms with Crippen LogP contribution >= 0.6 is 0 Å². The van der Waals surface area contributed by atoms with E-state index in [1.807, 2.05) is 14.1 Å². The molecule has 1 N–H and O–H groups in total. The Morgan fingerprint density at radius 2 is 1.88 bits per heavy atom. The fourth-order valence-corrected chi connectivity index (χ4v) is 1.57. The van der Waals surface area contributed by atoms with Crippen molar-refractivity contribution in [2.75, 3.05) is 25.5 Å². The Bertz CT molecular complexity index is 344. The molecule has 3 nitrogen and oxygen atoms in total. The van der Waals surface area contributed by atoms with Crippen LogP contribution in [0.1, 0.15) is 25.3 Å². The molecule has 0 fully saturated rings. The molecule has 0 aliphatic rings. The Kier molecular flexibility index (Phi) is 5.53. The molecule has 0 aromatic heterocycles. The van der Waals surface area contributed by atoms with Gasteiger partial charge in [-0.25, -0.2) is 0 Å². The molecule has 0 unspecified atom stereocenters. The minimum absolute atomic E-state index is 0.142. The van der Waals surface area contributed by atoms with Crippen molar-refractivity contribution in [2.24, 2.45) is 0 Å². The SMILES string of the molecule is CCCNC(=O)CCc1ccc(N(C)C)cc1. The van der Waals surface area contributed by atoms with Crippen LogP contribution in [0.3, 0.4) is 0 Å². The highest BCUT2D eigenvalue weighted by Gasteiger charge is 2.01. The van der Waals surface area contributed by atoms with E-state index in [1.165, 1.54) is 11.3 Å². The van der Waals surface area contributed by atoms with Gasteiger partial charge in [0.05, 0.1) is 0 Å². The standard InChI is InChI=1S/C14H22N2O/c1-4-11-15-14(17)10-7-12-5-8-13(9-6-12)16(2)3/h5-6,8-9H,4,7,10-11H2,1-3H3,(H,15,17). The van der Waals surface area contributed by atoms with E-state index >= 15 is 0 Å². The maximum Gasteiger partial charge on any atom is 0.220 e. The number of hydrogen-bond donors (Lipinski definition) is 1. The summed E-state index contributed by atoms with van der Waals surface area (Å²) in [5.74, 6) is 0.142. The van der Waals surface area contributed by atoms with Crippen molar-refractivity contribution in [3.05, 3.63) is 29.8 Å². The first-order valence-corrected chi connectivity index (χ1v) is 6.16. The molecular weight excluding hydrogens is 212 g/mol. The summed E-state index contributed by atoms with van der Waals surface area (Å²) < 4.78 is 0. The van der Waals surface area contributed by atoms with Crippen molar-refractivity contribution in [3.8, 4) is 0 Å². The molecule has 3 heteroatoms. The molecule has 1 rings (SSSR count). The average molecular weight is 234 g/mol. The van der Waals surface area contributed by atoms with Gasteiger partial charge in [0.15, 0.2) is 0 Å². The molecule has 0 atom stereocenters. The monoisotopic (exact) mass is 234 g/mol. The minimum atomic E-state index is 0.142. The first kappa shape index (κ1) is 13.6. The second-order valence-electron chi connectivity index (χ2n) is 4.41. The Labute approximate surface area is 104 Å². The van der Waals surface area contributed by atoms with Crippen LogP contribution in [-0.2, 0) is 11.2 Å². The predicted octanol–water partition coefficient (Wildman–Crippen LogP) is 2.21. The lowest BCUT2D eigenvalue weighted by Gasteiger charge is -2.12. The van der Waals surface area contributed by atoms with Crippen LogP contribution in [0.2, 0.25) is 0 Å². The summed E-state index contributed by atoms with van der Waals surface area (Å²) in [6.07, 6.45) is 2.37. The summed E-state index contributed by atoms with van der Waals surface area (Å²) in [4.78, 5) is 13.5. The molecule has 1 aromatic rings. The first-order valence-electron chi connectivity index (χ1n) is 6.16. The van der Waals surface area contributed by atoms with Crippen LogP contribution in [0.15, 0.2) is 24.3 Å². The zero-order valence-corrected chi connectivity index (χ0v) is 11.0. The highest BCUT2D eigenvalue weighted by atomic mass is 16.1. The predicted molar refractivity (Wildman–Crippen MR) is 72.4 cm³/mol. The molecule has 0 aliphatic heterocycles. The number of amides is 1. The van der Waals surface area contributed by atoms with Gasteiger partial charge in [0, 0.05) is 32.7 Å². The molecule has 1 aromatic carbocycles. The molecule has 0 aliphatic carbocycles. The highest BCUT2D eigenvalue weighted by molar-refractivity contribution is 5.76. The first-order chi connectivity index (χ1) is 8.13. The quantitative estimate of drug-likeness (QED) is 0.818. The van der Waals surface area contributed by atoms with E-state index in [1.54, 1.807) is 0 Å². The van der Waals surface area contributed by atoms with E-state index in [-0.39, 0.29) is 5.91 Å².